The molecule has 0 bridgehead atoms. The van der Waals surface area contributed by atoms with E-state index in [2.05, 4.69) is 0 Å². The number of rotatable bonds is 5. The van der Waals surface area contributed by atoms with Crippen molar-refractivity contribution in [2.75, 3.05) is 31.6 Å². The fourth-order valence-corrected chi connectivity index (χ4v) is 3.04. The van der Waals surface area contributed by atoms with Crippen molar-refractivity contribution in [2.45, 2.75) is 32.7 Å². The first kappa shape index (κ1) is 18.7. The zero-order chi connectivity index (χ0) is 18.6. The normalized spacial score (nSPS) is 14.9. The molecular formula is C17H23N3O5. The van der Waals surface area contributed by atoms with Crippen LogP contribution in [-0.4, -0.2) is 54.5 Å². The second-order valence-corrected chi connectivity index (χ2v) is 6.03. The van der Waals surface area contributed by atoms with Crippen molar-refractivity contribution in [1.29, 1.82) is 0 Å². The molecule has 1 amide bonds. The van der Waals surface area contributed by atoms with Crippen molar-refractivity contribution in [3.63, 3.8) is 0 Å². The number of carbonyl (C=O) groups excluding carboxylic acids is 2. The van der Waals surface area contributed by atoms with E-state index in [1.165, 1.54) is 12.1 Å². The molecule has 1 aliphatic heterocycles. The second-order valence-electron chi connectivity index (χ2n) is 6.03. The molecule has 1 aromatic rings. The molecule has 0 N–H and O–H groups in total. The number of carbonyl (C=O) groups is 2. The number of non-ortho nitro benzene ring substituents is 1. The first-order valence-corrected chi connectivity index (χ1v) is 8.29. The maximum absolute atomic E-state index is 12.2. The standard InChI is InChI=1S/C17H23N3O5/c1-4-25-17(22)15-11-14(20(23)24)5-6-16(15)19-9-7-13(8-10-19)18(3)12(2)21/h5-6,11,13H,4,7-10H2,1-3H3. The summed E-state index contributed by atoms with van der Waals surface area (Å²) < 4.78 is 5.04. The maximum Gasteiger partial charge on any atom is 0.340 e. The van der Waals surface area contributed by atoms with E-state index < -0.39 is 10.9 Å². The minimum Gasteiger partial charge on any atom is -0.462 e. The fourth-order valence-electron chi connectivity index (χ4n) is 3.04. The zero-order valence-corrected chi connectivity index (χ0v) is 14.7. The molecule has 136 valence electrons. The molecule has 1 saturated heterocycles. The first-order valence-electron chi connectivity index (χ1n) is 8.29. The molecule has 25 heavy (non-hydrogen) atoms. The van der Waals surface area contributed by atoms with E-state index in [1.807, 2.05) is 4.90 Å². The van der Waals surface area contributed by atoms with Crippen molar-refractivity contribution in [1.82, 2.24) is 4.90 Å². The number of nitro benzene ring substituents is 1. The summed E-state index contributed by atoms with van der Waals surface area (Å²) in [6.07, 6.45) is 1.55. The van der Waals surface area contributed by atoms with E-state index in [4.69, 9.17) is 4.74 Å². The van der Waals surface area contributed by atoms with E-state index >= 15 is 0 Å². The van der Waals surface area contributed by atoms with Crippen molar-refractivity contribution in [2.24, 2.45) is 0 Å². The molecule has 0 spiro atoms. The lowest BCUT2D eigenvalue weighted by Crippen LogP contribution is -2.45. The minimum absolute atomic E-state index is 0.0287. The van der Waals surface area contributed by atoms with Crippen LogP contribution in [-0.2, 0) is 9.53 Å². The minimum atomic E-state index is -0.566. The van der Waals surface area contributed by atoms with Gasteiger partial charge in [-0.25, -0.2) is 4.79 Å². The number of esters is 1. The van der Waals surface area contributed by atoms with Crippen LogP contribution in [0.5, 0.6) is 0 Å². The largest absolute Gasteiger partial charge is 0.462 e. The summed E-state index contributed by atoms with van der Waals surface area (Å²) in [5, 5.41) is 11.0. The van der Waals surface area contributed by atoms with Crippen molar-refractivity contribution in [3.8, 4) is 0 Å². The van der Waals surface area contributed by atoms with Gasteiger partial charge in [0.05, 0.1) is 22.8 Å². The average Bonchev–Trinajstić information content (AvgIpc) is 2.60. The van der Waals surface area contributed by atoms with Gasteiger partial charge >= 0.3 is 5.97 Å². The highest BCUT2D eigenvalue weighted by Gasteiger charge is 2.27. The van der Waals surface area contributed by atoms with E-state index in [0.717, 1.165) is 12.8 Å². The molecule has 2 rings (SSSR count). The van der Waals surface area contributed by atoms with Gasteiger partial charge in [-0.1, -0.05) is 0 Å². The Hall–Kier alpha value is -2.64. The lowest BCUT2D eigenvalue weighted by atomic mass is 10.0. The fraction of sp³-hybridized carbons (Fsp3) is 0.529. The highest BCUT2D eigenvalue weighted by Crippen LogP contribution is 2.29. The summed E-state index contributed by atoms with van der Waals surface area (Å²) in [6.45, 7) is 4.75. The SMILES string of the molecule is CCOC(=O)c1cc([N+](=O)[O-])ccc1N1CCC(N(C)C(C)=O)CC1. The van der Waals surface area contributed by atoms with Crippen LogP contribution < -0.4 is 4.90 Å². The highest BCUT2D eigenvalue weighted by molar-refractivity contribution is 5.96. The Balaban J connectivity index is 2.23. The zero-order valence-electron chi connectivity index (χ0n) is 14.7. The van der Waals surface area contributed by atoms with Crippen LogP contribution in [0.2, 0.25) is 0 Å². The van der Waals surface area contributed by atoms with Gasteiger partial charge < -0.3 is 14.5 Å². The van der Waals surface area contributed by atoms with Gasteiger partial charge in [0.1, 0.15) is 0 Å². The Kier molecular flexibility index (Phi) is 5.95. The molecule has 0 radical (unpaired) electrons. The molecular weight excluding hydrogens is 326 g/mol. The predicted molar refractivity (Wildman–Crippen MR) is 92.7 cm³/mol. The summed E-state index contributed by atoms with van der Waals surface area (Å²) in [7, 11) is 1.79. The van der Waals surface area contributed by atoms with E-state index in [0.29, 0.717) is 18.8 Å². The molecule has 1 heterocycles. The quantitative estimate of drug-likeness (QED) is 0.460. The number of ether oxygens (including phenoxy) is 1. The highest BCUT2D eigenvalue weighted by atomic mass is 16.6. The van der Waals surface area contributed by atoms with Gasteiger partial charge in [-0.15, -0.1) is 0 Å². The van der Waals surface area contributed by atoms with Crippen LogP contribution in [0.4, 0.5) is 11.4 Å². The Bertz CT molecular complexity index is 668. The van der Waals surface area contributed by atoms with Gasteiger partial charge in [0.2, 0.25) is 5.91 Å². The van der Waals surface area contributed by atoms with Crippen LogP contribution in [0.3, 0.4) is 0 Å². The lowest BCUT2D eigenvalue weighted by Gasteiger charge is -2.38. The predicted octanol–water partition coefficient (Wildman–Crippen LogP) is 2.22. The lowest BCUT2D eigenvalue weighted by molar-refractivity contribution is -0.384. The van der Waals surface area contributed by atoms with Crippen LogP contribution in [0, 0.1) is 10.1 Å². The van der Waals surface area contributed by atoms with Gasteiger partial charge in [0.25, 0.3) is 5.69 Å². The van der Waals surface area contributed by atoms with Gasteiger partial charge in [-0.2, -0.15) is 0 Å². The second kappa shape index (κ2) is 7.96. The van der Waals surface area contributed by atoms with Gasteiger partial charge in [-0.05, 0) is 25.8 Å². The van der Waals surface area contributed by atoms with Crippen LogP contribution in [0.1, 0.15) is 37.0 Å². The van der Waals surface area contributed by atoms with Gasteiger partial charge in [0.15, 0.2) is 0 Å². The monoisotopic (exact) mass is 349 g/mol. The van der Waals surface area contributed by atoms with Gasteiger partial charge in [0, 0.05) is 45.2 Å². The van der Waals surface area contributed by atoms with Gasteiger partial charge in [-0.3, -0.25) is 14.9 Å². The Morgan fingerprint density at radius 3 is 2.52 bits per heavy atom. The van der Waals surface area contributed by atoms with Crippen molar-refractivity contribution >= 4 is 23.3 Å². The van der Waals surface area contributed by atoms with Crippen molar-refractivity contribution in [3.05, 3.63) is 33.9 Å². The molecule has 0 unspecified atom stereocenters. The third-order valence-electron chi connectivity index (χ3n) is 4.54. The smallest absolute Gasteiger partial charge is 0.340 e. The van der Waals surface area contributed by atoms with Crippen LogP contribution in [0.15, 0.2) is 18.2 Å². The van der Waals surface area contributed by atoms with E-state index in [1.54, 1.807) is 31.9 Å². The molecule has 8 nitrogen and oxygen atoms in total. The molecule has 0 aliphatic carbocycles. The number of benzene rings is 1. The van der Waals surface area contributed by atoms with Crippen LogP contribution >= 0.6 is 0 Å². The number of hydrogen-bond acceptors (Lipinski definition) is 6. The number of nitro groups is 1. The average molecular weight is 349 g/mol. The third kappa shape index (κ3) is 4.26. The molecule has 8 heteroatoms. The molecule has 0 saturated carbocycles. The van der Waals surface area contributed by atoms with E-state index in [-0.39, 0.29) is 29.8 Å². The van der Waals surface area contributed by atoms with E-state index in [9.17, 15) is 19.7 Å². The first-order chi connectivity index (χ1) is 11.8. The Labute approximate surface area is 146 Å². The summed E-state index contributed by atoms with van der Waals surface area (Å²) in [6, 6.07) is 4.42. The molecule has 1 aliphatic rings. The molecule has 0 aromatic heterocycles. The van der Waals surface area contributed by atoms with Crippen molar-refractivity contribution < 1.29 is 19.2 Å². The number of piperidine rings is 1. The van der Waals surface area contributed by atoms with Crippen LogP contribution in [0.25, 0.3) is 0 Å². The number of amides is 1. The Morgan fingerprint density at radius 2 is 2.00 bits per heavy atom. The topological polar surface area (TPSA) is 93.0 Å². The molecule has 1 fully saturated rings. The summed E-state index contributed by atoms with van der Waals surface area (Å²) in [5.74, 6) is -0.537. The Morgan fingerprint density at radius 1 is 1.36 bits per heavy atom. The number of anilines is 1. The summed E-state index contributed by atoms with van der Waals surface area (Å²) >= 11 is 0. The summed E-state index contributed by atoms with van der Waals surface area (Å²) in [5.41, 5.74) is 0.695. The number of nitrogens with zero attached hydrogens (tertiary/aromatic N) is 3. The number of hydrogen-bond donors (Lipinski definition) is 0. The molecule has 1 aromatic carbocycles. The maximum atomic E-state index is 12.2. The third-order valence-corrected chi connectivity index (χ3v) is 4.54. The molecule has 0 atom stereocenters. The summed E-state index contributed by atoms with van der Waals surface area (Å²) in [4.78, 5) is 37.9.